The van der Waals surface area contributed by atoms with E-state index in [0.717, 1.165) is 50.5 Å². The molecule has 1 unspecified atom stereocenters. The quantitative estimate of drug-likeness (QED) is 0.226. The Labute approximate surface area is 235 Å². The van der Waals surface area contributed by atoms with Crippen LogP contribution in [0.4, 0.5) is 11.4 Å². The maximum absolute atomic E-state index is 14.4. The maximum Gasteiger partial charge on any atom is 0.403 e. The fourth-order valence-corrected chi connectivity index (χ4v) is 7.80. The largest absolute Gasteiger partial charge is 0.502 e. The Morgan fingerprint density at radius 2 is 1.60 bits per heavy atom. The van der Waals surface area contributed by atoms with E-state index < -0.39 is 19.5 Å². The smallest absolute Gasteiger partial charge is 0.403 e. The third-order valence-electron chi connectivity index (χ3n) is 8.84. The van der Waals surface area contributed by atoms with Crippen LogP contribution in [0.25, 0.3) is 0 Å². The van der Waals surface area contributed by atoms with Crippen LogP contribution in [0.2, 0.25) is 0 Å². The number of benzene rings is 3. The van der Waals surface area contributed by atoms with Gasteiger partial charge in [0.05, 0.1) is 7.05 Å². The molecule has 0 spiro atoms. The number of aryl methyl sites for hydroxylation is 1. The molecule has 206 valence electrons. The average molecular weight is 557 g/mol. The molecule has 2 saturated carbocycles. The summed E-state index contributed by atoms with van der Waals surface area (Å²) in [5.74, 6) is 0.414. The van der Waals surface area contributed by atoms with Crippen LogP contribution in [0, 0.1) is 0 Å². The fraction of sp³-hybridized carbons (Fsp3) is 0.303. The predicted molar refractivity (Wildman–Crippen MR) is 156 cm³/mol. The van der Waals surface area contributed by atoms with Crippen molar-refractivity contribution < 1.29 is 17.9 Å². The van der Waals surface area contributed by atoms with Crippen molar-refractivity contribution in [3.63, 3.8) is 0 Å². The summed E-state index contributed by atoms with van der Waals surface area (Å²) in [6.07, 6.45) is 6.35. The molecule has 40 heavy (non-hydrogen) atoms. The standard InChI is InChI=1S/C33H33NO5S/c1-34(27-13-6-3-7-14-27,40(37,38)28-15-8-12-26(22-28)25-16-17-25)31-29(35)23-30(39-32(31)36)33(19-9-20-33)21-18-24-10-4-2-5-11-24/h2-8,10-15,22-23,25H,9,16-21H2,1H3/p+1. The molecule has 0 amide bonds. The van der Waals surface area contributed by atoms with Crippen LogP contribution in [0.5, 0.6) is 5.75 Å². The van der Waals surface area contributed by atoms with Gasteiger partial charge < -0.3 is 9.52 Å². The summed E-state index contributed by atoms with van der Waals surface area (Å²) in [7, 11) is -2.81. The van der Waals surface area contributed by atoms with Crippen LogP contribution in [0.3, 0.4) is 0 Å². The Hall–Kier alpha value is -3.68. The molecule has 1 heterocycles. The number of para-hydroxylation sites is 1. The SMILES string of the molecule is C[N+](c1ccccc1)(c1c(O)cc(C2(CCc3ccccc3)CCC2)oc1=O)S(=O)(=O)c1cccc(C2CC2)c1. The van der Waals surface area contributed by atoms with Crippen molar-refractivity contribution in [2.24, 2.45) is 0 Å². The van der Waals surface area contributed by atoms with E-state index >= 15 is 0 Å². The van der Waals surface area contributed by atoms with E-state index in [9.17, 15) is 18.3 Å². The van der Waals surface area contributed by atoms with Crippen molar-refractivity contribution in [1.29, 1.82) is 0 Å². The van der Waals surface area contributed by atoms with Crippen LogP contribution in [-0.2, 0) is 21.9 Å². The van der Waals surface area contributed by atoms with E-state index in [1.54, 1.807) is 48.5 Å². The first-order chi connectivity index (χ1) is 19.2. The summed E-state index contributed by atoms with van der Waals surface area (Å²) in [4.78, 5) is 13.9. The van der Waals surface area contributed by atoms with Crippen molar-refractivity contribution >= 4 is 21.4 Å². The van der Waals surface area contributed by atoms with Crippen LogP contribution < -0.4 is 9.51 Å². The Morgan fingerprint density at radius 3 is 2.20 bits per heavy atom. The first-order valence-electron chi connectivity index (χ1n) is 13.9. The molecule has 4 aromatic rings. The van der Waals surface area contributed by atoms with Crippen LogP contribution >= 0.6 is 0 Å². The number of rotatable bonds is 9. The highest BCUT2D eigenvalue weighted by molar-refractivity contribution is 7.91. The zero-order chi connectivity index (χ0) is 28.0. The molecular formula is C33H34NO5S+. The van der Waals surface area contributed by atoms with Crippen LogP contribution in [0.1, 0.15) is 61.3 Å². The first-order valence-corrected chi connectivity index (χ1v) is 15.4. The number of hydrogen-bond acceptors (Lipinski definition) is 5. The molecule has 2 aliphatic carbocycles. The van der Waals surface area contributed by atoms with Gasteiger partial charge in [0.1, 0.15) is 10.7 Å². The van der Waals surface area contributed by atoms with Gasteiger partial charge in [-0.2, -0.15) is 8.42 Å². The van der Waals surface area contributed by atoms with E-state index in [4.69, 9.17) is 4.42 Å². The van der Waals surface area contributed by atoms with Gasteiger partial charge in [0.15, 0.2) is 11.4 Å². The van der Waals surface area contributed by atoms with Crippen LogP contribution in [0.15, 0.2) is 105 Å². The lowest BCUT2D eigenvalue weighted by molar-refractivity contribution is 0.176. The minimum Gasteiger partial charge on any atom is -0.502 e. The summed E-state index contributed by atoms with van der Waals surface area (Å²) in [6.45, 7) is 0. The minimum absolute atomic E-state index is 0.101. The molecule has 1 atom stereocenters. The second-order valence-electron chi connectivity index (χ2n) is 11.3. The monoisotopic (exact) mass is 556 g/mol. The molecule has 0 bridgehead atoms. The fourth-order valence-electron chi connectivity index (χ4n) is 6.04. The van der Waals surface area contributed by atoms with Crippen molar-refractivity contribution in [3.8, 4) is 5.75 Å². The molecule has 2 aliphatic rings. The Kier molecular flexibility index (Phi) is 6.67. The van der Waals surface area contributed by atoms with Gasteiger partial charge in [0.25, 0.3) is 5.69 Å². The Morgan fingerprint density at radius 1 is 0.925 bits per heavy atom. The molecule has 3 aromatic carbocycles. The van der Waals surface area contributed by atoms with Gasteiger partial charge >= 0.3 is 15.6 Å². The van der Waals surface area contributed by atoms with Crippen LogP contribution in [-0.4, -0.2) is 20.6 Å². The lowest BCUT2D eigenvalue weighted by Gasteiger charge is -2.41. The number of sulfonamides is 1. The van der Waals surface area contributed by atoms with Gasteiger partial charge in [0.2, 0.25) is 0 Å². The first kappa shape index (κ1) is 26.5. The van der Waals surface area contributed by atoms with Gasteiger partial charge in [-0.15, -0.1) is 3.89 Å². The van der Waals surface area contributed by atoms with Gasteiger partial charge in [-0.05, 0) is 67.7 Å². The highest BCUT2D eigenvalue weighted by atomic mass is 32.2. The van der Waals surface area contributed by atoms with Gasteiger partial charge in [-0.1, -0.05) is 67.1 Å². The Bertz CT molecular complexity index is 1690. The third kappa shape index (κ3) is 4.47. The summed E-state index contributed by atoms with van der Waals surface area (Å²) in [6, 6.07) is 27.1. The maximum atomic E-state index is 14.4. The number of hydrogen-bond donors (Lipinski definition) is 1. The second-order valence-corrected chi connectivity index (χ2v) is 13.5. The molecule has 0 radical (unpaired) electrons. The molecule has 0 saturated heterocycles. The highest BCUT2D eigenvalue weighted by Crippen LogP contribution is 2.50. The summed E-state index contributed by atoms with van der Waals surface area (Å²) in [5, 5.41) is 11.5. The average Bonchev–Trinajstić information content (AvgIpc) is 3.79. The predicted octanol–water partition coefficient (Wildman–Crippen LogP) is 6.94. The van der Waals surface area contributed by atoms with E-state index in [1.165, 1.54) is 18.7 Å². The second kappa shape index (κ2) is 10.1. The topological polar surface area (TPSA) is 84.6 Å². The molecule has 1 N–H and O–H groups in total. The molecule has 6 rings (SSSR count). The van der Waals surface area contributed by atoms with E-state index in [2.05, 4.69) is 12.1 Å². The number of nitrogens with zero attached hydrogens (tertiary/aromatic N) is 1. The lowest BCUT2D eigenvalue weighted by atomic mass is 9.64. The highest BCUT2D eigenvalue weighted by Gasteiger charge is 2.50. The number of quaternary nitrogens is 1. The summed E-state index contributed by atoms with van der Waals surface area (Å²) >= 11 is 0. The zero-order valence-electron chi connectivity index (χ0n) is 22.6. The van der Waals surface area contributed by atoms with Crippen molar-refractivity contribution in [3.05, 3.63) is 118 Å². The van der Waals surface area contributed by atoms with E-state index in [1.807, 2.05) is 24.3 Å². The van der Waals surface area contributed by atoms with Crippen molar-refractivity contribution in [2.45, 2.75) is 61.2 Å². The van der Waals surface area contributed by atoms with Gasteiger partial charge in [-0.25, -0.2) is 4.79 Å². The molecule has 0 aliphatic heterocycles. The summed E-state index contributed by atoms with van der Waals surface area (Å²) in [5.41, 5.74) is 0.983. The molecule has 7 heteroatoms. The van der Waals surface area contributed by atoms with Gasteiger partial charge in [0, 0.05) is 23.6 Å². The molecule has 6 nitrogen and oxygen atoms in total. The van der Waals surface area contributed by atoms with E-state index in [0.29, 0.717) is 17.4 Å². The third-order valence-corrected chi connectivity index (χ3v) is 11.0. The van der Waals surface area contributed by atoms with Crippen molar-refractivity contribution in [2.75, 3.05) is 7.05 Å². The summed E-state index contributed by atoms with van der Waals surface area (Å²) < 4.78 is 33.9. The van der Waals surface area contributed by atoms with Crippen molar-refractivity contribution in [1.82, 2.24) is 3.89 Å². The lowest BCUT2D eigenvalue weighted by Crippen LogP contribution is -2.48. The zero-order valence-corrected chi connectivity index (χ0v) is 23.4. The molecule has 1 aromatic heterocycles. The Balaban J connectivity index is 1.45. The normalized spacial score (nSPS) is 18.0. The number of aromatic hydroxyl groups is 1. The minimum atomic E-state index is -4.25. The molecule has 2 fully saturated rings. The van der Waals surface area contributed by atoms with E-state index in [-0.39, 0.29) is 21.7 Å². The van der Waals surface area contributed by atoms with Gasteiger partial charge in [-0.3, -0.25) is 0 Å². The molecular weight excluding hydrogens is 522 g/mol.